The molecule has 0 fully saturated rings. The van der Waals surface area contributed by atoms with E-state index in [2.05, 4.69) is 44.1 Å². The molecule has 1 N–H and O–H groups in total. The smallest absolute Gasteiger partial charge is 0.132 e. The predicted molar refractivity (Wildman–Crippen MR) is 65.7 cm³/mol. The Balaban J connectivity index is 2.67. The molecule has 0 aromatic carbocycles. The van der Waals surface area contributed by atoms with E-state index >= 15 is 0 Å². The van der Waals surface area contributed by atoms with Crippen LogP contribution in [0.1, 0.15) is 25.6 Å². The molecule has 0 aliphatic rings. The van der Waals surface area contributed by atoms with Gasteiger partial charge in [0.15, 0.2) is 0 Å². The molecule has 80 valence electrons. The summed E-state index contributed by atoms with van der Waals surface area (Å²) in [5, 5.41) is 3.16. The third kappa shape index (κ3) is 4.30. The second kappa shape index (κ2) is 6.41. The molecule has 3 nitrogen and oxygen atoms in total. The SMILES string of the molecule is C#CCCNc1cc(Br)nc(CCC)n1. The molecule has 4 heteroatoms. The van der Waals surface area contributed by atoms with Crippen molar-refractivity contribution < 1.29 is 0 Å². The van der Waals surface area contributed by atoms with Gasteiger partial charge in [0.25, 0.3) is 0 Å². The Morgan fingerprint density at radius 2 is 2.33 bits per heavy atom. The third-order valence-electron chi connectivity index (χ3n) is 1.79. The maximum absolute atomic E-state index is 5.17. The monoisotopic (exact) mass is 267 g/mol. The average molecular weight is 268 g/mol. The maximum atomic E-state index is 5.17. The highest BCUT2D eigenvalue weighted by Crippen LogP contribution is 2.13. The zero-order valence-electron chi connectivity index (χ0n) is 8.76. The van der Waals surface area contributed by atoms with Gasteiger partial charge in [-0.2, -0.15) is 0 Å². The Hall–Kier alpha value is -1.08. The molecule has 1 heterocycles. The van der Waals surface area contributed by atoms with Crippen molar-refractivity contribution in [3.63, 3.8) is 0 Å². The number of rotatable bonds is 5. The Kier molecular flexibility index (Phi) is 5.13. The van der Waals surface area contributed by atoms with Crippen LogP contribution in [-0.4, -0.2) is 16.5 Å². The number of nitrogens with zero attached hydrogens (tertiary/aromatic N) is 2. The van der Waals surface area contributed by atoms with Crippen LogP contribution in [0.3, 0.4) is 0 Å². The first-order valence-corrected chi connectivity index (χ1v) is 5.76. The lowest BCUT2D eigenvalue weighted by Gasteiger charge is -2.05. The van der Waals surface area contributed by atoms with Gasteiger partial charge in [0.2, 0.25) is 0 Å². The second-order valence-corrected chi connectivity index (χ2v) is 3.94. The summed E-state index contributed by atoms with van der Waals surface area (Å²) in [5.74, 6) is 4.26. The van der Waals surface area contributed by atoms with E-state index in [4.69, 9.17) is 6.42 Å². The fourth-order valence-electron chi connectivity index (χ4n) is 1.15. The first kappa shape index (κ1) is 12.0. The summed E-state index contributed by atoms with van der Waals surface area (Å²) in [6, 6.07) is 1.86. The van der Waals surface area contributed by atoms with Gasteiger partial charge in [-0.3, -0.25) is 0 Å². The highest BCUT2D eigenvalue weighted by molar-refractivity contribution is 9.10. The van der Waals surface area contributed by atoms with E-state index in [1.165, 1.54) is 0 Å². The Morgan fingerprint density at radius 1 is 1.53 bits per heavy atom. The zero-order valence-corrected chi connectivity index (χ0v) is 10.3. The number of anilines is 1. The molecule has 0 aliphatic carbocycles. The quantitative estimate of drug-likeness (QED) is 0.507. The highest BCUT2D eigenvalue weighted by Gasteiger charge is 2.01. The van der Waals surface area contributed by atoms with Gasteiger partial charge in [0, 0.05) is 25.5 Å². The van der Waals surface area contributed by atoms with Crippen molar-refractivity contribution in [2.75, 3.05) is 11.9 Å². The molecule has 0 amide bonds. The zero-order chi connectivity index (χ0) is 11.1. The molecular weight excluding hydrogens is 254 g/mol. The third-order valence-corrected chi connectivity index (χ3v) is 2.20. The van der Waals surface area contributed by atoms with Crippen molar-refractivity contribution in [1.29, 1.82) is 0 Å². The summed E-state index contributed by atoms with van der Waals surface area (Å²) in [6.07, 6.45) is 7.80. The van der Waals surface area contributed by atoms with Crippen LogP contribution in [-0.2, 0) is 6.42 Å². The lowest BCUT2D eigenvalue weighted by atomic mass is 10.3. The van der Waals surface area contributed by atoms with Crippen LogP contribution in [0.4, 0.5) is 5.82 Å². The Labute approximate surface area is 98.8 Å². The van der Waals surface area contributed by atoms with E-state index in [0.29, 0.717) is 6.42 Å². The van der Waals surface area contributed by atoms with Gasteiger partial charge < -0.3 is 5.32 Å². The summed E-state index contributed by atoms with van der Waals surface area (Å²) < 4.78 is 0.809. The maximum Gasteiger partial charge on any atom is 0.132 e. The molecule has 0 spiro atoms. The molecule has 1 aromatic rings. The number of hydrogen-bond acceptors (Lipinski definition) is 3. The summed E-state index contributed by atoms with van der Waals surface area (Å²) in [5.41, 5.74) is 0. The number of aryl methyl sites for hydroxylation is 1. The molecule has 0 radical (unpaired) electrons. The van der Waals surface area contributed by atoms with Crippen LogP contribution in [0.15, 0.2) is 10.7 Å². The van der Waals surface area contributed by atoms with Gasteiger partial charge in [-0.05, 0) is 22.4 Å². The number of aromatic nitrogens is 2. The first-order valence-electron chi connectivity index (χ1n) is 4.97. The van der Waals surface area contributed by atoms with E-state index in [1.54, 1.807) is 0 Å². The summed E-state index contributed by atoms with van der Waals surface area (Å²) in [4.78, 5) is 8.65. The van der Waals surface area contributed by atoms with E-state index < -0.39 is 0 Å². The molecule has 1 aromatic heterocycles. The van der Waals surface area contributed by atoms with Crippen LogP contribution in [0.25, 0.3) is 0 Å². The normalized spacial score (nSPS) is 9.67. The number of nitrogens with one attached hydrogen (secondary N) is 1. The summed E-state index contributed by atoms with van der Waals surface area (Å²) >= 11 is 3.36. The lowest BCUT2D eigenvalue weighted by molar-refractivity contribution is 0.828. The number of hydrogen-bond donors (Lipinski definition) is 1. The van der Waals surface area contributed by atoms with Gasteiger partial charge in [0.05, 0.1) is 0 Å². The van der Waals surface area contributed by atoms with Gasteiger partial charge in [-0.25, -0.2) is 9.97 Å². The molecule has 0 bridgehead atoms. The largest absolute Gasteiger partial charge is 0.369 e. The topological polar surface area (TPSA) is 37.8 Å². The van der Waals surface area contributed by atoms with Gasteiger partial charge in [0.1, 0.15) is 16.2 Å². The van der Waals surface area contributed by atoms with Crippen LogP contribution in [0, 0.1) is 12.3 Å². The van der Waals surface area contributed by atoms with Crippen LogP contribution in [0.2, 0.25) is 0 Å². The van der Waals surface area contributed by atoms with Crippen LogP contribution >= 0.6 is 15.9 Å². The summed E-state index contributed by atoms with van der Waals surface area (Å²) in [6.45, 7) is 2.85. The minimum atomic E-state index is 0.699. The predicted octanol–water partition coefficient (Wildman–Crippen LogP) is 2.63. The van der Waals surface area contributed by atoms with Crippen molar-refractivity contribution in [2.24, 2.45) is 0 Å². The standard InChI is InChI=1S/C11H14BrN3/c1-3-5-7-13-11-8-9(12)14-10(15-11)6-4-2/h1,8H,4-7H2,2H3,(H,13,14,15). The van der Waals surface area contributed by atoms with E-state index in [1.807, 2.05) is 6.07 Å². The molecular formula is C11H14BrN3. The molecule has 0 saturated heterocycles. The molecule has 0 atom stereocenters. The lowest BCUT2D eigenvalue weighted by Crippen LogP contribution is -2.05. The summed E-state index contributed by atoms with van der Waals surface area (Å²) in [7, 11) is 0. The average Bonchev–Trinajstić information content (AvgIpc) is 2.18. The molecule has 0 saturated carbocycles. The second-order valence-electron chi connectivity index (χ2n) is 3.12. The van der Waals surface area contributed by atoms with Crippen molar-refractivity contribution in [1.82, 2.24) is 9.97 Å². The van der Waals surface area contributed by atoms with Gasteiger partial charge >= 0.3 is 0 Å². The van der Waals surface area contributed by atoms with Gasteiger partial charge in [-0.1, -0.05) is 6.92 Å². The minimum Gasteiger partial charge on any atom is -0.369 e. The number of halogens is 1. The van der Waals surface area contributed by atoms with Crippen molar-refractivity contribution >= 4 is 21.7 Å². The van der Waals surface area contributed by atoms with Crippen LogP contribution in [0.5, 0.6) is 0 Å². The Morgan fingerprint density at radius 3 is 3.00 bits per heavy atom. The molecule has 0 unspecified atom stereocenters. The van der Waals surface area contributed by atoms with Crippen molar-refractivity contribution in [3.8, 4) is 12.3 Å². The fraction of sp³-hybridized carbons (Fsp3) is 0.455. The minimum absolute atomic E-state index is 0.699. The molecule has 1 rings (SSSR count). The fourth-order valence-corrected chi connectivity index (χ4v) is 1.57. The van der Waals surface area contributed by atoms with Crippen molar-refractivity contribution in [3.05, 3.63) is 16.5 Å². The Bertz CT molecular complexity index is 357. The van der Waals surface area contributed by atoms with Crippen LogP contribution < -0.4 is 5.32 Å². The first-order chi connectivity index (χ1) is 7.26. The van der Waals surface area contributed by atoms with E-state index in [9.17, 15) is 0 Å². The van der Waals surface area contributed by atoms with Crippen molar-refractivity contribution in [2.45, 2.75) is 26.2 Å². The van der Waals surface area contributed by atoms with E-state index in [0.717, 1.165) is 35.6 Å². The number of terminal acetylenes is 1. The molecule has 0 aliphatic heterocycles. The van der Waals surface area contributed by atoms with Gasteiger partial charge in [-0.15, -0.1) is 12.3 Å². The van der Waals surface area contributed by atoms with E-state index in [-0.39, 0.29) is 0 Å². The molecule has 15 heavy (non-hydrogen) atoms. The highest BCUT2D eigenvalue weighted by atomic mass is 79.9.